The molecule has 6 nitrogen and oxygen atoms in total. The Morgan fingerprint density at radius 2 is 2.33 bits per heavy atom. The van der Waals surface area contributed by atoms with E-state index in [1.807, 2.05) is 0 Å². The third-order valence-corrected chi connectivity index (χ3v) is 1.88. The second-order valence-electron chi connectivity index (χ2n) is 3.15. The second kappa shape index (κ2) is 5.14. The first kappa shape index (κ1) is 11.2. The van der Waals surface area contributed by atoms with Crippen molar-refractivity contribution in [2.24, 2.45) is 0 Å². The third-order valence-electron chi connectivity index (χ3n) is 1.88. The van der Waals surface area contributed by atoms with Crippen molar-refractivity contribution < 1.29 is 14.7 Å². The standard InChI is InChI=1S/C9H13N3O3/c1-7(13)11-8(9(14)15)3-6-12-5-2-4-10-12/h2,4-5,8H,3,6H2,1H3,(H,11,13)(H,14,15). The lowest BCUT2D eigenvalue weighted by Crippen LogP contribution is -2.40. The van der Waals surface area contributed by atoms with Crippen molar-refractivity contribution >= 4 is 11.9 Å². The Morgan fingerprint density at radius 1 is 1.60 bits per heavy atom. The first-order valence-electron chi connectivity index (χ1n) is 4.57. The number of carboxylic acid groups (broad SMARTS) is 1. The maximum atomic E-state index is 10.8. The van der Waals surface area contributed by atoms with E-state index in [2.05, 4.69) is 10.4 Å². The van der Waals surface area contributed by atoms with Crippen LogP contribution in [0.2, 0.25) is 0 Å². The van der Waals surface area contributed by atoms with Gasteiger partial charge in [0.25, 0.3) is 0 Å². The molecule has 1 heterocycles. The molecule has 0 fully saturated rings. The summed E-state index contributed by atoms with van der Waals surface area (Å²) in [6, 6.07) is 0.903. The van der Waals surface area contributed by atoms with Crippen LogP contribution in [0, 0.1) is 0 Å². The lowest BCUT2D eigenvalue weighted by Gasteiger charge is -2.12. The molecule has 0 bridgehead atoms. The number of rotatable bonds is 5. The molecule has 0 aliphatic rings. The molecule has 1 aromatic heterocycles. The van der Waals surface area contributed by atoms with Gasteiger partial charge in [-0.15, -0.1) is 0 Å². The molecule has 6 heteroatoms. The maximum Gasteiger partial charge on any atom is 0.326 e. The highest BCUT2D eigenvalue weighted by Gasteiger charge is 2.17. The normalized spacial score (nSPS) is 12.1. The summed E-state index contributed by atoms with van der Waals surface area (Å²) >= 11 is 0. The van der Waals surface area contributed by atoms with Crippen molar-refractivity contribution in [1.82, 2.24) is 15.1 Å². The minimum atomic E-state index is -1.03. The quantitative estimate of drug-likeness (QED) is 0.710. The Kier molecular flexibility index (Phi) is 3.84. The fourth-order valence-electron chi connectivity index (χ4n) is 1.20. The molecule has 1 unspecified atom stereocenters. The highest BCUT2D eigenvalue weighted by molar-refractivity contribution is 5.81. The SMILES string of the molecule is CC(=O)NC(CCn1cccn1)C(=O)O. The minimum absolute atomic E-state index is 0.316. The van der Waals surface area contributed by atoms with E-state index >= 15 is 0 Å². The molecule has 1 aromatic rings. The number of nitrogens with one attached hydrogen (secondary N) is 1. The molecule has 1 rings (SSSR count). The van der Waals surface area contributed by atoms with E-state index in [9.17, 15) is 9.59 Å². The lowest BCUT2D eigenvalue weighted by molar-refractivity contribution is -0.141. The Labute approximate surface area is 86.9 Å². The van der Waals surface area contributed by atoms with Crippen molar-refractivity contribution in [1.29, 1.82) is 0 Å². The molecule has 82 valence electrons. The van der Waals surface area contributed by atoms with Crippen LogP contribution in [0.1, 0.15) is 13.3 Å². The van der Waals surface area contributed by atoms with Crippen LogP contribution in [-0.2, 0) is 16.1 Å². The van der Waals surface area contributed by atoms with E-state index in [0.29, 0.717) is 13.0 Å². The van der Waals surface area contributed by atoms with Crippen molar-refractivity contribution in [2.45, 2.75) is 25.9 Å². The molecule has 15 heavy (non-hydrogen) atoms. The van der Waals surface area contributed by atoms with Gasteiger partial charge >= 0.3 is 5.97 Å². The number of hydrogen-bond donors (Lipinski definition) is 2. The van der Waals surface area contributed by atoms with Gasteiger partial charge in [-0.25, -0.2) is 4.79 Å². The van der Waals surface area contributed by atoms with Gasteiger partial charge in [-0.05, 0) is 12.5 Å². The van der Waals surface area contributed by atoms with Crippen LogP contribution in [0.15, 0.2) is 18.5 Å². The molecular formula is C9H13N3O3. The summed E-state index contributed by atoms with van der Waals surface area (Å²) in [6.07, 6.45) is 3.68. The van der Waals surface area contributed by atoms with Crippen molar-refractivity contribution in [3.05, 3.63) is 18.5 Å². The second-order valence-corrected chi connectivity index (χ2v) is 3.15. The van der Waals surface area contributed by atoms with Crippen LogP contribution in [0.3, 0.4) is 0 Å². The van der Waals surface area contributed by atoms with E-state index in [1.165, 1.54) is 6.92 Å². The van der Waals surface area contributed by atoms with E-state index in [0.717, 1.165) is 0 Å². The van der Waals surface area contributed by atoms with E-state index in [1.54, 1.807) is 23.1 Å². The van der Waals surface area contributed by atoms with Gasteiger partial charge in [0, 0.05) is 25.9 Å². The zero-order chi connectivity index (χ0) is 11.3. The first-order valence-corrected chi connectivity index (χ1v) is 4.57. The fraction of sp³-hybridized carbons (Fsp3) is 0.444. The Morgan fingerprint density at radius 3 is 2.80 bits per heavy atom. The van der Waals surface area contributed by atoms with Crippen LogP contribution in [0.5, 0.6) is 0 Å². The number of amides is 1. The largest absolute Gasteiger partial charge is 0.480 e. The monoisotopic (exact) mass is 211 g/mol. The fourth-order valence-corrected chi connectivity index (χ4v) is 1.20. The Hall–Kier alpha value is -1.85. The molecule has 1 atom stereocenters. The van der Waals surface area contributed by atoms with Gasteiger partial charge in [-0.3, -0.25) is 9.48 Å². The number of aryl methyl sites for hydroxylation is 1. The van der Waals surface area contributed by atoms with Crippen LogP contribution in [0.4, 0.5) is 0 Å². The predicted octanol–water partition coefficient (Wildman–Crippen LogP) is -0.138. The molecule has 0 radical (unpaired) electrons. The topological polar surface area (TPSA) is 84.2 Å². The van der Waals surface area contributed by atoms with Crippen molar-refractivity contribution in [3.8, 4) is 0 Å². The minimum Gasteiger partial charge on any atom is -0.480 e. The number of aromatic nitrogens is 2. The molecule has 0 saturated heterocycles. The zero-order valence-electron chi connectivity index (χ0n) is 8.38. The van der Waals surface area contributed by atoms with Gasteiger partial charge in [0.1, 0.15) is 6.04 Å². The third kappa shape index (κ3) is 3.80. The molecule has 1 amide bonds. The van der Waals surface area contributed by atoms with Crippen molar-refractivity contribution in [3.63, 3.8) is 0 Å². The first-order chi connectivity index (χ1) is 7.09. The average molecular weight is 211 g/mol. The highest BCUT2D eigenvalue weighted by Crippen LogP contribution is 1.96. The molecule has 0 spiro atoms. The molecule has 0 saturated carbocycles. The van der Waals surface area contributed by atoms with Gasteiger partial charge in [0.15, 0.2) is 0 Å². The number of carbonyl (C=O) groups excluding carboxylic acids is 1. The zero-order valence-corrected chi connectivity index (χ0v) is 8.38. The summed E-state index contributed by atoms with van der Waals surface area (Å²) in [7, 11) is 0. The molecule has 0 aliphatic heterocycles. The summed E-state index contributed by atoms with van der Waals surface area (Å²) in [4.78, 5) is 21.5. The predicted molar refractivity (Wildman–Crippen MR) is 52.1 cm³/mol. The van der Waals surface area contributed by atoms with Gasteiger partial charge in [0.05, 0.1) is 0 Å². The Balaban J connectivity index is 2.45. The summed E-state index contributed by atoms with van der Waals surface area (Å²) in [6.45, 7) is 1.76. The van der Waals surface area contributed by atoms with Gasteiger partial charge in [-0.1, -0.05) is 0 Å². The number of carboxylic acids is 1. The van der Waals surface area contributed by atoms with Gasteiger partial charge in [0.2, 0.25) is 5.91 Å². The van der Waals surface area contributed by atoms with Crippen molar-refractivity contribution in [2.75, 3.05) is 0 Å². The summed E-state index contributed by atoms with van der Waals surface area (Å²) in [5.74, 6) is -1.37. The Bertz CT molecular complexity index is 334. The number of hydrogen-bond acceptors (Lipinski definition) is 3. The summed E-state index contributed by atoms with van der Waals surface area (Å²) in [5.41, 5.74) is 0. The molecular weight excluding hydrogens is 198 g/mol. The maximum absolute atomic E-state index is 10.8. The van der Waals surface area contributed by atoms with Crippen LogP contribution < -0.4 is 5.32 Å². The molecule has 2 N–H and O–H groups in total. The van der Waals surface area contributed by atoms with Gasteiger partial charge < -0.3 is 10.4 Å². The van der Waals surface area contributed by atoms with Crippen LogP contribution >= 0.6 is 0 Å². The average Bonchev–Trinajstić information content (AvgIpc) is 2.63. The smallest absolute Gasteiger partial charge is 0.326 e. The van der Waals surface area contributed by atoms with E-state index in [4.69, 9.17) is 5.11 Å². The summed E-state index contributed by atoms with van der Waals surface area (Å²) < 4.78 is 1.62. The number of nitrogens with zero attached hydrogens (tertiary/aromatic N) is 2. The van der Waals surface area contributed by atoms with E-state index in [-0.39, 0.29) is 5.91 Å². The molecule has 0 aromatic carbocycles. The van der Waals surface area contributed by atoms with Crippen LogP contribution in [-0.4, -0.2) is 32.8 Å². The summed E-state index contributed by atoms with van der Waals surface area (Å²) in [5, 5.41) is 15.1. The van der Waals surface area contributed by atoms with E-state index < -0.39 is 12.0 Å². The molecule has 0 aliphatic carbocycles. The lowest BCUT2D eigenvalue weighted by atomic mass is 10.2. The number of aliphatic carboxylic acids is 1. The number of carbonyl (C=O) groups is 2. The van der Waals surface area contributed by atoms with Gasteiger partial charge in [-0.2, -0.15) is 5.10 Å². The van der Waals surface area contributed by atoms with Crippen LogP contribution in [0.25, 0.3) is 0 Å². The highest BCUT2D eigenvalue weighted by atomic mass is 16.4.